The molecule has 184 valence electrons. The van der Waals surface area contributed by atoms with Gasteiger partial charge in [-0.3, -0.25) is 14.4 Å². The number of carboxylic acids is 1. The molecule has 2 amide bonds. The van der Waals surface area contributed by atoms with Crippen LogP contribution in [0.2, 0.25) is 0 Å². The number of allylic oxidation sites excluding steroid dienone is 2. The van der Waals surface area contributed by atoms with Gasteiger partial charge in [0.2, 0.25) is 5.91 Å². The number of anilines is 2. The van der Waals surface area contributed by atoms with E-state index < -0.39 is 17.8 Å². The molecule has 1 aromatic carbocycles. The van der Waals surface area contributed by atoms with Crippen molar-refractivity contribution in [3.05, 3.63) is 46.4 Å². The van der Waals surface area contributed by atoms with Crippen molar-refractivity contribution >= 4 is 39.8 Å². The molecule has 1 fully saturated rings. The van der Waals surface area contributed by atoms with Gasteiger partial charge in [0.15, 0.2) is 0 Å². The van der Waals surface area contributed by atoms with Gasteiger partial charge in [-0.1, -0.05) is 12.2 Å². The summed E-state index contributed by atoms with van der Waals surface area (Å²) < 4.78 is 10.6. The molecule has 1 aromatic heterocycles. The molecule has 2 bridgehead atoms. The van der Waals surface area contributed by atoms with E-state index in [4.69, 9.17) is 9.47 Å². The number of nitrogens with one attached hydrogen (secondary N) is 2. The zero-order chi connectivity index (χ0) is 24.7. The third kappa shape index (κ3) is 4.18. The van der Waals surface area contributed by atoms with Crippen molar-refractivity contribution in [2.75, 3.05) is 24.9 Å². The number of aliphatic carboxylic acids is 1. The molecule has 0 radical (unpaired) electrons. The van der Waals surface area contributed by atoms with Crippen molar-refractivity contribution in [3.63, 3.8) is 0 Å². The minimum atomic E-state index is -0.942. The van der Waals surface area contributed by atoms with Gasteiger partial charge >= 0.3 is 5.97 Å². The van der Waals surface area contributed by atoms with Crippen molar-refractivity contribution < 1.29 is 29.0 Å². The van der Waals surface area contributed by atoms with E-state index in [0.29, 0.717) is 27.8 Å². The third-order valence-corrected chi connectivity index (χ3v) is 8.59. The summed E-state index contributed by atoms with van der Waals surface area (Å²) in [7, 11) is 3.07. The lowest BCUT2D eigenvalue weighted by atomic mass is 9.62. The summed E-state index contributed by atoms with van der Waals surface area (Å²) in [6.07, 6.45) is 8.09. The van der Waals surface area contributed by atoms with Crippen LogP contribution in [-0.2, 0) is 22.4 Å². The average Bonchev–Trinajstić information content (AvgIpc) is 3.45. The van der Waals surface area contributed by atoms with Crippen LogP contribution in [0.1, 0.15) is 40.1 Å². The fourth-order valence-electron chi connectivity index (χ4n) is 5.70. The van der Waals surface area contributed by atoms with Gasteiger partial charge in [-0.05, 0) is 61.6 Å². The second kappa shape index (κ2) is 9.37. The van der Waals surface area contributed by atoms with Gasteiger partial charge in [0.25, 0.3) is 5.91 Å². The van der Waals surface area contributed by atoms with Crippen molar-refractivity contribution in [1.82, 2.24) is 0 Å². The first-order valence-electron chi connectivity index (χ1n) is 11.8. The van der Waals surface area contributed by atoms with Crippen molar-refractivity contribution in [3.8, 4) is 11.5 Å². The second-order valence-electron chi connectivity index (χ2n) is 9.25. The van der Waals surface area contributed by atoms with Crippen LogP contribution in [0.5, 0.6) is 11.5 Å². The number of aryl methyl sites for hydroxylation is 1. The topological polar surface area (TPSA) is 114 Å². The normalized spacial score (nSPS) is 24.1. The van der Waals surface area contributed by atoms with E-state index in [1.165, 1.54) is 18.4 Å². The average molecular weight is 497 g/mol. The molecule has 1 saturated carbocycles. The minimum absolute atomic E-state index is 0.103. The smallest absolute Gasteiger partial charge is 0.307 e. The van der Waals surface area contributed by atoms with Gasteiger partial charge in [-0.15, -0.1) is 11.3 Å². The molecule has 4 atom stereocenters. The number of ether oxygens (including phenoxy) is 2. The Bertz CT molecular complexity index is 1220. The zero-order valence-corrected chi connectivity index (χ0v) is 20.4. The first-order valence-corrected chi connectivity index (χ1v) is 12.6. The van der Waals surface area contributed by atoms with Crippen LogP contribution < -0.4 is 20.1 Å². The Morgan fingerprint density at radius 2 is 1.74 bits per heavy atom. The maximum atomic E-state index is 13.5. The highest BCUT2D eigenvalue weighted by Crippen LogP contribution is 2.46. The number of hydrogen-bond donors (Lipinski definition) is 3. The number of carboxylic acid groups (broad SMARTS) is 1. The maximum Gasteiger partial charge on any atom is 0.307 e. The Kier molecular flexibility index (Phi) is 6.27. The van der Waals surface area contributed by atoms with Gasteiger partial charge < -0.3 is 25.2 Å². The number of thiophene rings is 1. The summed E-state index contributed by atoms with van der Waals surface area (Å²) in [5.41, 5.74) is 1.90. The SMILES string of the molecule is COc1ccc(NC(=O)c2c(NC(=O)C3C4C=CC(CC4)C3C(=O)O)sc3c2CCC3)c(OC)c1. The highest BCUT2D eigenvalue weighted by atomic mass is 32.1. The lowest BCUT2D eigenvalue weighted by Gasteiger charge is -2.41. The van der Waals surface area contributed by atoms with Crippen LogP contribution in [0, 0.1) is 23.7 Å². The van der Waals surface area contributed by atoms with Crippen LogP contribution in [0.15, 0.2) is 30.4 Å². The van der Waals surface area contributed by atoms with Crippen LogP contribution >= 0.6 is 11.3 Å². The molecule has 35 heavy (non-hydrogen) atoms. The fraction of sp³-hybridized carbons (Fsp3) is 0.423. The molecule has 0 saturated heterocycles. The molecule has 0 spiro atoms. The Balaban J connectivity index is 1.43. The summed E-state index contributed by atoms with van der Waals surface area (Å²) in [4.78, 5) is 40.0. The highest BCUT2D eigenvalue weighted by Gasteiger charge is 2.48. The maximum absolute atomic E-state index is 13.5. The van der Waals surface area contributed by atoms with E-state index >= 15 is 0 Å². The largest absolute Gasteiger partial charge is 0.497 e. The molecule has 0 aliphatic heterocycles. The standard InChI is InChI=1S/C26H28N2O6S/c1-33-15-10-11-17(18(12-15)34-2)27-24(30)22-16-4-3-5-19(16)35-25(22)28-23(29)20-13-6-8-14(9-7-13)21(20)26(31)32/h6,8,10-14,20-21H,3-5,7,9H2,1-2H3,(H,27,30)(H,28,29)(H,31,32). The number of carbonyl (C=O) groups excluding carboxylic acids is 2. The highest BCUT2D eigenvalue weighted by molar-refractivity contribution is 7.17. The van der Waals surface area contributed by atoms with Crippen LogP contribution in [-0.4, -0.2) is 37.1 Å². The summed E-state index contributed by atoms with van der Waals surface area (Å²) >= 11 is 1.42. The number of benzene rings is 1. The van der Waals surface area contributed by atoms with Gasteiger partial charge in [-0.2, -0.15) is 0 Å². The van der Waals surface area contributed by atoms with E-state index in [1.807, 2.05) is 12.2 Å². The quantitative estimate of drug-likeness (QED) is 0.491. The minimum Gasteiger partial charge on any atom is -0.497 e. The van der Waals surface area contributed by atoms with Gasteiger partial charge in [0.05, 0.1) is 37.3 Å². The molecule has 6 rings (SSSR count). The second-order valence-corrected chi connectivity index (χ2v) is 10.4. The summed E-state index contributed by atoms with van der Waals surface area (Å²) in [6, 6.07) is 5.13. The first-order chi connectivity index (χ1) is 16.9. The first kappa shape index (κ1) is 23.4. The molecule has 9 heteroatoms. The molecule has 4 unspecified atom stereocenters. The molecule has 4 aliphatic rings. The number of carbonyl (C=O) groups is 3. The summed E-state index contributed by atoms with van der Waals surface area (Å²) in [6.45, 7) is 0. The van der Waals surface area contributed by atoms with E-state index in [-0.39, 0.29) is 23.7 Å². The van der Waals surface area contributed by atoms with E-state index in [9.17, 15) is 19.5 Å². The van der Waals surface area contributed by atoms with E-state index in [1.54, 1.807) is 25.3 Å². The fourth-order valence-corrected chi connectivity index (χ4v) is 6.99. The summed E-state index contributed by atoms with van der Waals surface area (Å²) in [5.74, 6) is -2.16. The summed E-state index contributed by atoms with van der Waals surface area (Å²) in [5, 5.41) is 16.2. The van der Waals surface area contributed by atoms with Crippen molar-refractivity contribution in [1.29, 1.82) is 0 Å². The van der Waals surface area contributed by atoms with Crippen molar-refractivity contribution in [2.24, 2.45) is 23.7 Å². The van der Waals surface area contributed by atoms with E-state index in [2.05, 4.69) is 10.6 Å². The Morgan fingerprint density at radius 3 is 2.40 bits per heavy atom. The lowest BCUT2D eigenvalue weighted by Crippen LogP contribution is -2.47. The third-order valence-electron chi connectivity index (χ3n) is 7.38. The van der Waals surface area contributed by atoms with Crippen LogP contribution in [0.4, 0.5) is 10.7 Å². The number of rotatable bonds is 7. The van der Waals surface area contributed by atoms with Gasteiger partial charge in [-0.25, -0.2) is 0 Å². The van der Waals surface area contributed by atoms with E-state index in [0.717, 1.165) is 42.5 Å². The predicted molar refractivity (Wildman–Crippen MR) is 132 cm³/mol. The van der Waals surface area contributed by atoms with Crippen molar-refractivity contribution in [2.45, 2.75) is 32.1 Å². The number of methoxy groups -OCH3 is 2. The molecule has 2 aromatic rings. The van der Waals surface area contributed by atoms with Gasteiger partial charge in [0.1, 0.15) is 16.5 Å². The van der Waals surface area contributed by atoms with Gasteiger partial charge in [0, 0.05) is 10.9 Å². The zero-order valence-electron chi connectivity index (χ0n) is 19.6. The molecule has 4 aliphatic carbocycles. The Morgan fingerprint density at radius 1 is 1.00 bits per heavy atom. The number of hydrogen-bond acceptors (Lipinski definition) is 6. The molecule has 1 heterocycles. The Labute approximate surface area is 207 Å². The number of fused-ring (bicyclic) bond motifs is 3. The molecule has 8 nitrogen and oxygen atoms in total. The van der Waals surface area contributed by atoms with Crippen LogP contribution in [0.25, 0.3) is 0 Å². The van der Waals surface area contributed by atoms with Crippen LogP contribution in [0.3, 0.4) is 0 Å². The monoisotopic (exact) mass is 496 g/mol. The number of amides is 2. The molecular weight excluding hydrogens is 468 g/mol. The molecular formula is C26H28N2O6S. The Hall–Kier alpha value is -3.33. The lowest BCUT2D eigenvalue weighted by molar-refractivity contribution is -0.151. The molecule has 3 N–H and O–H groups in total. The predicted octanol–water partition coefficient (Wildman–Crippen LogP) is 4.36.